The summed E-state index contributed by atoms with van der Waals surface area (Å²) in [4.78, 5) is 0. The first-order valence-corrected chi connectivity index (χ1v) is 7.51. The molecule has 1 saturated heterocycles. The van der Waals surface area contributed by atoms with Gasteiger partial charge in [-0.1, -0.05) is 13.0 Å². The highest BCUT2D eigenvalue weighted by Crippen LogP contribution is 2.28. The lowest BCUT2D eigenvalue weighted by molar-refractivity contribution is 0.746. The Balaban J connectivity index is 1.79. The molecule has 1 aliphatic heterocycles. The number of hydrogen-bond donors (Lipinski definition) is 1. The Morgan fingerprint density at radius 2 is 2.32 bits per heavy atom. The highest BCUT2D eigenvalue weighted by atomic mass is 32.2. The Kier molecular flexibility index (Phi) is 3.42. The monoisotopic (exact) mass is 275 g/mol. The van der Waals surface area contributed by atoms with Gasteiger partial charge >= 0.3 is 0 Å². The first kappa shape index (κ1) is 12.5. The predicted molar refractivity (Wildman–Crippen MR) is 77.8 cm³/mol. The van der Waals surface area contributed by atoms with Crippen molar-refractivity contribution >= 4 is 17.4 Å². The van der Waals surface area contributed by atoms with E-state index in [1.165, 1.54) is 12.2 Å². The molecule has 6 heteroatoms. The summed E-state index contributed by atoms with van der Waals surface area (Å²) >= 11 is 2.03. The fourth-order valence-corrected chi connectivity index (χ4v) is 3.50. The van der Waals surface area contributed by atoms with Crippen molar-refractivity contribution < 1.29 is 0 Å². The second-order valence-electron chi connectivity index (χ2n) is 4.91. The van der Waals surface area contributed by atoms with Crippen molar-refractivity contribution in [3.05, 3.63) is 30.1 Å². The van der Waals surface area contributed by atoms with Crippen LogP contribution in [0.1, 0.15) is 19.2 Å². The molecule has 19 heavy (non-hydrogen) atoms. The van der Waals surface area contributed by atoms with E-state index in [4.69, 9.17) is 0 Å². The smallest absolute Gasteiger partial charge is 0.153 e. The zero-order chi connectivity index (χ0) is 13.2. The standard InChI is InChI=1S/C13H17N5S/c1-9-6-12(8-19-9)14-11-4-3-5-13(7-11)18-10(2)15-16-17-18/h3-5,7,9,12,14H,6,8H2,1-2H3. The van der Waals surface area contributed by atoms with Gasteiger partial charge in [0.05, 0.1) is 5.69 Å². The van der Waals surface area contributed by atoms with Gasteiger partial charge in [-0.05, 0) is 42.0 Å². The lowest BCUT2D eigenvalue weighted by Crippen LogP contribution is -2.19. The highest BCUT2D eigenvalue weighted by molar-refractivity contribution is 8.00. The van der Waals surface area contributed by atoms with E-state index in [-0.39, 0.29) is 0 Å². The molecule has 1 aliphatic rings. The van der Waals surface area contributed by atoms with Gasteiger partial charge < -0.3 is 5.32 Å². The van der Waals surface area contributed by atoms with Crippen LogP contribution in [0.2, 0.25) is 0 Å². The van der Waals surface area contributed by atoms with Crippen molar-refractivity contribution in [2.45, 2.75) is 31.6 Å². The summed E-state index contributed by atoms with van der Waals surface area (Å²) in [5, 5.41) is 15.9. The van der Waals surface area contributed by atoms with Crippen LogP contribution in [-0.2, 0) is 0 Å². The third-order valence-electron chi connectivity index (χ3n) is 3.29. The van der Waals surface area contributed by atoms with E-state index in [9.17, 15) is 0 Å². The van der Waals surface area contributed by atoms with Gasteiger partial charge in [-0.2, -0.15) is 16.4 Å². The lowest BCUT2D eigenvalue weighted by atomic mass is 10.2. The Bertz CT molecular complexity index is 568. The zero-order valence-corrected chi connectivity index (χ0v) is 11.9. The van der Waals surface area contributed by atoms with Gasteiger partial charge in [0.15, 0.2) is 5.82 Å². The van der Waals surface area contributed by atoms with Crippen molar-refractivity contribution in [3.8, 4) is 5.69 Å². The molecule has 2 atom stereocenters. The van der Waals surface area contributed by atoms with E-state index in [2.05, 4.69) is 39.9 Å². The second-order valence-corrected chi connectivity index (χ2v) is 6.38. The number of nitrogens with zero attached hydrogens (tertiary/aromatic N) is 4. The molecule has 2 unspecified atom stereocenters. The van der Waals surface area contributed by atoms with Gasteiger partial charge in [0.1, 0.15) is 0 Å². The zero-order valence-electron chi connectivity index (χ0n) is 11.1. The summed E-state index contributed by atoms with van der Waals surface area (Å²) in [5.41, 5.74) is 2.12. The van der Waals surface area contributed by atoms with E-state index >= 15 is 0 Å². The number of anilines is 1. The molecule has 100 valence electrons. The molecule has 3 rings (SSSR count). The van der Waals surface area contributed by atoms with Gasteiger partial charge in [0.25, 0.3) is 0 Å². The summed E-state index contributed by atoms with van der Waals surface area (Å²) in [5.74, 6) is 1.97. The predicted octanol–water partition coefficient (Wildman–Crippen LogP) is 2.28. The number of rotatable bonds is 3. The van der Waals surface area contributed by atoms with Gasteiger partial charge in [0, 0.05) is 22.7 Å². The molecule has 2 heterocycles. The normalized spacial score (nSPS) is 22.6. The molecule has 1 aromatic heterocycles. The van der Waals surface area contributed by atoms with Crippen LogP contribution in [0.25, 0.3) is 5.69 Å². The first-order chi connectivity index (χ1) is 9.22. The van der Waals surface area contributed by atoms with Crippen molar-refractivity contribution in [2.24, 2.45) is 0 Å². The minimum absolute atomic E-state index is 0.560. The largest absolute Gasteiger partial charge is 0.381 e. The third-order valence-corrected chi connectivity index (χ3v) is 4.64. The molecule has 1 N–H and O–H groups in total. The quantitative estimate of drug-likeness (QED) is 0.931. The summed E-state index contributed by atoms with van der Waals surface area (Å²) in [7, 11) is 0. The average Bonchev–Trinajstić information content (AvgIpc) is 2.99. The topological polar surface area (TPSA) is 55.6 Å². The Morgan fingerprint density at radius 1 is 1.42 bits per heavy atom. The number of tetrazole rings is 1. The number of hydrogen-bond acceptors (Lipinski definition) is 5. The van der Waals surface area contributed by atoms with Crippen molar-refractivity contribution in [1.29, 1.82) is 0 Å². The maximum atomic E-state index is 3.99. The van der Waals surface area contributed by atoms with Crippen molar-refractivity contribution in [3.63, 3.8) is 0 Å². The van der Waals surface area contributed by atoms with E-state index in [0.717, 1.165) is 22.4 Å². The summed E-state index contributed by atoms with van der Waals surface area (Å²) in [6, 6.07) is 8.80. The number of aromatic nitrogens is 4. The first-order valence-electron chi connectivity index (χ1n) is 6.46. The van der Waals surface area contributed by atoms with Crippen LogP contribution in [0.15, 0.2) is 24.3 Å². The van der Waals surface area contributed by atoms with Crippen LogP contribution < -0.4 is 5.32 Å². The number of nitrogens with one attached hydrogen (secondary N) is 1. The molecule has 2 aromatic rings. The number of aryl methyl sites for hydroxylation is 1. The van der Waals surface area contributed by atoms with Crippen LogP contribution in [0.3, 0.4) is 0 Å². The fourth-order valence-electron chi connectivity index (χ4n) is 2.35. The molecular formula is C13H17N5S. The molecule has 1 fully saturated rings. The summed E-state index contributed by atoms with van der Waals surface area (Å²) in [6.45, 7) is 4.18. The van der Waals surface area contributed by atoms with Crippen LogP contribution in [-0.4, -0.2) is 37.3 Å². The van der Waals surface area contributed by atoms with E-state index < -0.39 is 0 Å². The Labute approximate surface area is 116 Å². The molecule has 5 nitrogen and oxygen atoms in total. The number of benzene rings is 1. The molecular weight excluding hydrogens is 258 g/mol. The van der Waals surface area contributed by atoms with E-state index in [0.29, 0.717) is 6.04 Å². The summed E-state index contributed by atoms with van der Waals surface area (Å²) < 4.78 is 1.75. The van der Waals surface area contributed by atoms with Crippen LogP contribution in [0.5, 0.6) is 0 Å². The molecule has 0 radical (unpaired) electrons. The van der Waals surface area contributed by atoms with Gasteiger partial charge in [-0.3, -0.25) is 0 Å². The molecule has 0 saturated carbocycles. The van der Waals surface area contributed by atoms with Gasteiger partial charge in [-0.25, -0.2) is 0 Å². The van der Waals surface area contributed by atoms with Crippen molar-refractivity contribution in [2.75, 3.05) is 11.1 Å². The Hall–Kier alpha value is -1.56. The van der Waals surface area contributed by atoms with Gasteiger partial charge in [-0.15, -0.1) is 5.10 Å². The SMILES string of the molecule is Cc1nnnn1-c1cccc(NC2CSC(C)C2)c1. The Morgan fingerprint density at radius 3 is 3.00 bits per heavy atom. The van der Waals surface area contributed by atoms with E-state index in [1.54, 1.807) is 4.68 Å². The van der Waals surface area contributed by atoms with E-state index in [1.807, 2.05) is 30.8 Å². The molecule has 1 aromatic carbocycles. The second kappa shape index (κ2) is 5.21. The fraction of sp³-hybridized carbons (Fsp3) is 0.462. The minimum Gasteiger partial charge on any atom is -0.381 e. The molecule has 0 aliphatic carbocycles. The maximum Gasteiger partial charge on any atom is 0.153 e. The maximum absolute atomic E-state index is 3.99. The molecule has 0 amide bonds. The molecule has 0 bridgehead atoms. The number of thioether (sulfide) groups is 1. The van der Waals surface area contributed by atoms with Crippen LogP contribution in [0, 0.1) is 6.92 Å². The molecule has 0 spiro atoms. The summed E-state index contributed by atoms with van der Waals surface area (Å²) in [6.07, 6.45) is 1.22. The average molecular weight is 275 g/mol. The highest BCUT2D eigenvalue weighted by Gasteiger charge is 2.21. The minimum atomic E-state index is 0.560. The van der Waals surface area contributed by atoms with Crippen molar-refractivity contribution in [1.82, 2.24) is 20.2 Å². The van der Waals surface area contributed by atoms with Crippen LogP contribution in [0.4, 0.5) is 5.69 Å². The third kappa shape index (κ3) is 2.73. The van der Waals surface area contributed by atoms with Gasteiger partial charge in [0.2, 0.25) is 0 Å². The van der Waals surface area contributed by atoms with Crippen LogP contribution >= 0.6 is 11.8 Å². The lowest BCUT2D eigenvalue weighted by Gasteiger charge is -2.14.